The maximum absolute atomic E-state index is 2.49. The van der Waals surface area contributed by atoms with Gasteiger partial charge in [0.2, 0.25) is 0 Å². The van der Waals surface area contributed by atoms with Crippen molar-refractivity contribution in [3.05, 3.63) is 176 Å². The molecule has 0 radical (unpaired) electrons. The number of benzene rings is 6. The van der Waals surface area contributed by atoms with Crippen LogP contribution in [0.1, 0.15) is 87.9 Å². The first-order valence-electron chi connectivity index (χ1n) is 16.9. The summed E-state index contributed by atoms with van der Waals surface area (Å²) in [5.41, 5.74) is 24.1. The van der Waals surface area contributed by atoms with Crippen molar-refractivity contribution < 1.29 is 0 Å². The Hall–Kier alpha value is -4.68. The van der Waals surface area contributed by atoms with Crippen LogP contribution in [-0.2, 0) is 17.3 Å². The summed E-state index contributed by atoms with van der Waals surface area (Å²) in [5.74, 6) is 0.194. The predicted molar refractivity (Wildman–Crippen MR) is 193 cm³/mol. The minimum absolute atomic E-state index is 0.0257. The summed E-state index contributed by atoms with van der Waals surface area (Å²) in [4.78, 5) is 0. The minimum atomic E-state index is -0.113. The van der Waals surface area contributed by atoms with Crippen LogP contribution >= 0.6 is 0 Å². The van der Waals surface area contributed by atoms with Crippen LogP contribution in [0.15, 0.2) is 115 Å². The molecule has 0 saturated heterocycles. The molecule has 6 aromatic rings. The van der Waals surface area contributed by atoms with Crippen LogP contribution in [0.25, 0.3) is 33.4 Å². The van der Waals surface area contributed by atoms with Crippen molar-refractivity contribution in [2.45, 2.75) is 64.7 Å². The molecule has 6 aromatic carbocycles. The number of hydrogen-bond acceptors (Lipinski definition) is 0. The van der Waals surface area contributed by atoms with E-state index in [-0.39, 0.29) is 16.7 Å². The van der Waals surface area contributed by atoms with E-state index in [9.17, 15) is 0 Å². The Bertz CT molecular complexity index is 2260. The molecule has 0 aliphatic heterocycles. The van der Waals surface area contributed by atoms with Crippen LogP contribution < -0.4 is 0 Å². The quantitative estimate of drug-likeness (QED) is 0.191. The van der Waals surface area contributed by atoms with Crippen LogP contribution in [0.4, 0.5) is 0 Å². The summed E-state index contributed by atoms with van der Waals surface area (Å²) >= 11 is 0. The summed E-state index contributed by atoms with van der Waals surface area (Å²) in [6, 6.07) is 44.2. The van der Waals surface area contributed by atoms with Gasteiger partial charge in [-0.15, -0.1) is 0 Å². The Kier molecular flexibility index (Phi) is 5.66. The van der Waals surface area contributed by atoms with Gasteiger partial charge in [-0.25, -0.2) is 0 Å². The SMILES string of the molecule is Cc1cc(C2c3ccccc3-c3c2ccc(C)c3CC2(C)c3ccccc3-c3c(C)cccc32)c2c(c1)C(C)(C)c1ccccc1-2. The highest BCUT2D eigenvalue weighted by atomic mass is 14.5. The van der Waals surface area contributed by atoms with Gasteiger partial charge in [0.15, 0.2) is 0 Å². The second-order valence-electron chi connectivity index (χ2n) is 14.8. The third-order valence-electron chi connectivity index (χ3n) is 11.8. The average molecular weight is 593 g/mol. The first-order valence-corrected chi connectivity index (χ1v) is 16.9. The molecule has 0 heteroatoms. The normalized spacial score (nSPS) is 19.2. The fraction of sp³-hybridized carbons (Fsp3) is 0.217. The Morgan fingerprint density at radius 1 is 0.478 bits per heavy atom. The molecule has 2 atom stereocenters. The summed E-state index contributed by atoms with van der Waals surface area (Å²) in [6.45, 7) is 14.2. The molecule has 0 saturated carbocycles. The molecule has 0 bridgehead atoms. The van der Waals surface area contributed by atoms with Crippen molar-refractivity contribution in [1.29, 1.82) is 0 Å². The van der Waals surface area contributed by atoms with Gasteiger partial charge in [0.1, 0.15) is 0 Å². The van der Waals surface area contributed by atoms with Crippen molar-refractivity contribution in [3.8, 4) is 33.4 Å². The first-order chi connectivity index (χ1) is 22.2. The summed E-state index contributed by atoms with van der Waals surface area (Å²) in [6.07, 6.45) is 0.971. The minimum Gasteiger partial charge on any atom is -0.0619 e. The Balaban J connectivity index is 1.29. The molecular formula is C46H40. The molecule has 3 aliphatic rings. The van der Waals surface area contributed by atoms with E-state index in [1.54, 1.807) is 0 Å². The van der Waals surface area contributed by atoms with Crippen LogP contribution in [0.5, 0.6) is 0 Å². The lowest BCUT2D eigenvalue weighted by Gasteiger charge is -2.30. The number of hydrogen-bond donors (Lipinski definition) is 0. The molecule has 9 rings (SSSR count). The molecule has 0 amide bonds. The van der Waals surface area contributed by atoms with Gasteiger partial charge in [0.25, 0.3) is 0 Å². The monoisotopic (exact) mass is 592 g/mol. The van der Waals surface area contributed by atoms with Crippen LogP contribution in [-0.4, -0.2) is 0 Å². The van der Waals surface area contributed by atoms with Gasteiger partial charge in [-0.3, -0.25) is 0 Å². The average Bonchev–Trinajstić information content (AvgIpc) is 3.61. The van der Waals surface area contributed by atoms with Crippen molar-refractivity contribution in [2.75, 3.05) is 0 Å². The fourth-order valence-electron chi connectivity index (χ4n) is 9.62. The third-order valence-corrected chi connectivity index (χ3v) is 11.8. The Morgan fingerprint density at radius 2 is 1.13 bits per heavy atom. The van der Waals surface area contributed by atoms with E-state index in [4.69, 9.17) is 0 Å². The highest BCUT2D eigenvalue weighted by molar-refractivity contribution is 5.90. The second kappa shape index (κ2) is 9.43. The van der Waals surface area contributed by atoms with E-state index in [1.165, 1.54) is 94.6 Å². The van der Waals surface area contributed by atoms with Gasteiger partial charge in [0.05, 0.1) is 0 Å². The molecule has 0 N–H and O–H groups in total. The lowest BCUT2D eigenvalue weighted by molar-refractivity contribution is 0.581. The zero-order chi connectivity index (χ0) is 31.5. The fourth-order valence-corrected chi connectivity index (χ4v) is 9.62. The number of aryl methyl sites for hydroxylation is 3. The third kappa shape index (κ3) is 3.51. The van der Waals surface area contributed by atoms with Crippen molar-refractivity contribution >= 4 is 0 Å². The second-order valence-corrected chi connectivity index (χ2v) is 14.8. The van der Waals surface area contributed by atoms with Crippen molar-refractivity contribution in [1.82, 2.24) is 0 Å². The molecule has 0 aromatic heterocycles. The van der Waals surface area contributed by atoms with Gasteiger partial charge in [-0.05, 0) is 116 Å². The maximum Gasteiger partial charge on any atom is 0.0358 e. The summed E-state index contributed by atoms with van der Waals surface area (Å²) < 4.78 is 0. The van der Waals surface area contributed by atoms with Crippen molar-refractivity contribution in [2.24, 2.45) is 0 Å². The van der Waals surface area contributed by atoms with Crippen LogP contribution in [0, 0.1) is 20.8 Å². The van der Waals surface area contributed by atoms with E-state index in [1.807, 2.05) is 0 Å². The van der Waals surface area contributed by atoms with Crippen LogP contribution in [0.3, 0.4) is 0 Å². The lowest BCUT2D eigenvalue weighted by atomic mass is 9.73. The van der Waals surface area contributed by atoms with Gasteiger partial charge in [-0.1, -0.05) is 142 Å². The topological polar surface area (TPSA) is 0 Å². The molecule has 0 spiro atoms. The lowest BCUT2D eigenvalue weighted by Crippen LogP contribution is -2.25. The van der Waals surface area contributed by atoms with Gasteiger partial charge < -0.3 is 0 Å². The molecule has 0 nitrogen and oxygen atoms in total. The van der Waals surface area contributed by atoms with Gasteiger partial charge >= 0.3 is 0 Å². The maximum atomic E-state index is 2.49. The highest BCUT2D eigenvalue weighted by Gasteiger charge is 2.44. The molecule has 46 heavy (non-hydrogen) atoms. The molecule has 0 fully saturated rings. The Morgan fingerprint density at radius 3 is 1.91 bits per heavy atom. The molecular weight excluding hydrogens is 553 g/mol. The van der Waals surface area contributed by atoms with E-state index in [2.05, 4.69) is 157 Å². The highest BCUT2D eigenvalue weighted by Crippen LogP contribution is 2.58. The zero-order valence-electron chi connectivity index (χ0n) is 27.8. The number of fused-ring (bicyclic) bond motifs is 9. The molecule has 224 valence electrons. The number of rotatable bonds is 3. The molecule has 2 unspecified atom stereocenters. The van der Waals surface area contributed by atoms with Gasteiger partial charge in [-0.2, -0.15) is 0 Å². The van der Waals surface area contributed by atoms with Crippen molar-refractivity contribution in [3.63, 3.8) is 0 Å². The largest absolute Gasteiger partial charge is 0.0619 e. The summed E-state index contributed by atoms with van der Waals surface area (Å²) in [5, 5.41) is 0. The standard InChI is InChI=1S/C46H40/c1-27-24-35(44-32-17-9-11-19-37(32)45(4,5)40(44)25-27)42-30-15-7-8-16-31(30)43-34(42)23-22-28(2)36(43)26-46(6)38-20-12-10-18-33(38)41-29(3)14-13-21-39(41)46/h7-25,42H,26H2,1-6H3. The smallest absolute Gasteiger partial charge is 0.0358 e. The first kappa shape index (κ1) is 27.6. The predicted octanol–water partition coefficient (Wildman–Crippen LogP) is 11.6. The van der Waals surface area contributed by atoms with E-state index in [0.29, 0.717) is 0 Å². The van der Waals surface area contributed by atoms with Crippen LogP contribution in [0.2, 0.25) is 0 Å². The zero-order valence-corrected chi connectivity index (χ0v) is 27.8. The Labute approximate surface area is 273 Å². The van der Waals surface area contributed by atoms with E-state index >= 15 is 0 Å². The summed E-state index contributed by atoms with van der Waals surface area (Å²) in [7, 11) is 0. The van der Waals surface area contributed by atoms with E-state index < -0.39 is 0 Å². The molecule has 0 heterocycles. The molecule has 3 aliphatic carbocycles. The van der Waals surface area contributed by atoms with E-state index in [0.717, 1.165) is 6.42 Å². The van der Waals surface area contributed by atoms with Gasteiger partial charge in [0, 0.05) is 16.7 Å².